The molecule has 1 aromatic carbocycles. The molecular weight excluding hydrogens is 223 g/mol. The summed E-state index contributed by atoms with van der Waals surface area (Å²) in [5.74, 6) is -0.373. The molecule has 0 radical (unpaired) electrons. The minimum absolute atomic E-state index is 0.233. The maximum atomic E-state index is 13.1. The maximum absolute atomic E-state index is 13.1. The van der Waals surface area contributed by atoms with Gasteiger partial charge in [-0.05, 0) is 18.1 Å². The molecule has 3 nitrogen and oxygen atoms in total. The van der Waals surface area contributed by atoms with Crippen molar-refractivity contribution in [3.63, 3.8) is 0 Å². The fraction of sp³-hybridized carbons (Fsp3) is 0.462. The van der Waals surface area contributed by atoms with Crippen molar-refractivity contribution in [1.29, 1.82) is 0 Å². The molecular formula is C13H17FO3. The quantitative estimate of drug-likeness (QED) is 0.742. The minimum Gasteiger partial charge on any atom is -0.492 e. The van der Waals surface area contributed by atoms with E-state index < -0.39 is 11.8 Å². The largest absolute Gasteiger partial charge is 0.492 e. The van der Waals surface area contributed by atoms with Crippen LogP contribution in [0.3, 0.4) is 0 Å². The van der Waals surface area contributed by atoms with Crippen LogP contribution in [0.5, 0.6) is 5.75 Å². The van der Waals surface area contributed by atoms with E-state index in [1.54, 1.807) is 0 Å². The molecule has 94 valence electrons. The Bertz CT molecular complexity index is 390. The van der Waals surface area contributed by atoms with Gasteiger partial charge in [-0.25, -0.2) is 9.18 Å². The molecule has 0 saturated heterocycles. The van der Waals surface area contributed by atoms with Crippen LogP contribution in [-0.4, -0.2) is 19.7 Å². The summed E-state index contributed by atoms with van der Waals surface area (Å²) in [7, 11) is 1.28. The molecule has 0 fully saturated rings. The Morgan fingerprint density at radius 2 is 2.18 bits per heavy atom. The van der Waals surface area contributed by atoms with Gasteiger partial charge >= 0.3 is 5.97 Å². The molecule has 0 aliphatic rings. The van der Waals surface area contributed by atoms with E-state index in [2.05, 4.69) is 4.74 Å². The van der Waals surface area contributed by atoms with Crippen LogP contribution in [0.2, 0.25) is 0 Å². The normalized spacial score (nSPS) is 12.0. The maximum Gasteiger partial charge on any atom is 0.341 e. The van der Waals surface area contributed by atoms with Crippen LogP contribution in [0, 0.1) is 11.7 Å². The number of halogens is 1. The van der Waals surface area contributed by atoms with Gasteiger partial charge in [-0.3, -0.25) is 0 Å². The molecule has 1 atom stereocenters. The van der Waals surface area contributed by atoms with Crippen LogP contribution >= 0.6 is 0 Å². The molecule has 1 unspecified atom stereocenters. The monoisotopic (exact) mass is 240 g/mol. The first-order chi connectivity index (χ1) is 8.08. The summed E-state index contributed by atoms with van der Waals surface area (Å²) >= 11 is 0. The second-order valence-electron chi connectivity index (χ2n) is 3.96. The zero-order chi connectivity index (χ0) is 12.8. The van der Waals surface area contributed by atoms with Crippen molar-refractivity contribution < 1.29 is 18.7 Å². The Morgan fingerprint density at radius 1 is 1.47 bits per heavy atom. The van der Waals surface area contributed by atoms with Crippen molar-refractivity contribution in [2.24, 2.45) is 5.92 Å². The smallest absolute Gasteiger partial charge is 0.341 e. The molecule has 0 aromatic heterocycles. The SMILES string of the molecule is CCC(C)COc1cc(F)ccc1C(=O)OC. The lowest BCUT2D eigenvalue weighted by atomic mass is 10.1. The standard InChI is InChI=1S/C13H17FO3/c1-4-9(2)8-17-12-7-10(14)5-6-11(12)13(15)16-3/h5-7,9H,4,8H2,1-3H3. The molecule has 0 heterocycles. The minimum atomic E-state index is -0.524. The molecule has 17 heavy (non-hydrogen) atoms. The van der Waals surface area contributed by atoms with E-state index in [1.165, 1.54) is 25.3 Å². The number of ether oxygens (including phenoxy) is 2. The zero-order valence-corrected chi connectivity index (χ0v) is 10.3. The highest BCUT2D eigenvalue weighted by atomic mass is 19.1. The number of benzene rings is 1. The van der Waals surface area contributed by atoms with Crippen molar-refractivity contribution in [2.75, 3.05) is 13.7 Å². The van der Waals surface area contributed by atoms with Crippen molar-refractivity contribution in [2.45, 2.75) is 20.3 Å². The highest BCUT2D eigenvalue weighted by Gasteiger charge is 2.14. The van der Waals surface area contributed by atoms with Crippen LogP contribution in [0.1, 0.15) is 30.6 Å². The van der Waals surface area contributed by atoms with Gasteiger partial charge in [0.05, 0.1) is 13.7 Å². The van der Waals surface area contributed by atoms with E-state index in [0.717, 1.165) is 6.42 Å². The summed E-state index contributed by atoms with van der Waals surface area (Å²) in [6, 6.07) is 3.78. The summed E-state index contributed by atoms with van der Waals surface area (Å²) in [5, 5.41) is 0. The second-order valence-corrected chi connectivity index (χ2v) is 3.96. The third-order valence-electron chi connectivity index (χ3n) is 2.57. The van der Waals surface area contributed by atoms with Gasteiger partial charge in [0.25, 0.3) is 0 Å². The Balaban J connectivity index is 2.87. The van der Waals surface area contributed by atoms with E-state index in [9.17, 15) is 9.18 Å². The molecule has 1 rings (SSSR count). The first kappa shape index (κ1) is 13.5. The van der Waals surface area contributed by atoms with E-state index in [4.69, 9.17) is 4.74 Å². The third kappa shape index (κ3) is 3.73. The Morgan fingerprint density at radius 3 is 2.76 bits per heavy atom. The third-order valence-corrected chi connectivity index (χ3v) is 2.57. The average Bonchev–Trinajstić information content (AvgIpc) is 2.35. The predicted octanol–water partition coefficient (Wildman–Crippen LogP) is 3.04. The summed E-state index contributed by atoms with van der Waals surface area (Å²) in [6.45, 7) is 4.52. The molecule has 4 heteroatoms. The van der Waals surface area contributed by atoms with Crippen LogP contribution in [0.15, 0.2) is 18.2 Å². The van der Waals surface area contributed by atoms with Gasteiger partial charge in [-0.15, -0.1) is 0 Å². The van der Waals surface area contributed by atoms with Crippen LogP contribution in [0.4, 0.5) is 4.39 Å². The van der Waals surface area contributed by atoms with Gasteiger partial charge in [-0.1, -0.05) is 20.3 Å². The average molecular weight is 240 g/mol. The van der Waals surface area contributed by atoms with Crippen molar-refractivity contribution >= 4 is 5.97 Å². The summed E-state index contributed by atoms with van der Waals surface area (Å²) in [6.07, 6.45) is 0.961. The molecule has 0 saturated carbocycles. The first-order valence-corrected chi connectivity index (χ1v) is 5.59. The van der Waals surface area contributed by atoms with E-state index in [0.29, 0.717) is 12.5 Å². The fourth-order valence-corrected chi connectivity index (χ4v) is 1.24. The number of carbonyl (C=O) groups excluding carboxylic acids is 1. The van der Waals surface area contributed by atoms with E-state index in [-0.39, 0.29) is 11.3 Å². The van der Waals surface area contributed by atoms with Crippen LogP contribution < -0.4 is 4.74 Å². The number of hydrogen-bond acceptors (Lipinski definition) is 3. The number of rotatable bonds is 5. The fourth-order valence-electron chi connectivity index (χ4n) is 1.24. The molecule has 0 aliphatic carbocycles. The number of hydrogen-bond donors (Lipinski definition) is 0. The summed E-state index contributed by atoms with van der Waals surface area (Å²) in [5.41, 5.74) is 0.247. The predicted molar refractivity (Wildman–Crippen MR) is 62.7 cm³/mol. The summed E-state index contributed by atoms with van der Waals surface area (Å²) < 4.78 is 23.2. The second kappa shape index (κ2) is 6.23. The highest BCUT2D eigenvalue weighted by molar-refractivity contribution is 5.92. The lowest BCUT2D eigenvalue weighted by molar-refractivity contribution is 0.0595. The molecule has 0 aliphatic heterocycles. The molecule has 1 aromatic rings. The van der Waals surface area contributed by atoms with Crippen molar-refractivity contribution in [1.82, 2.24) is 0 Å². The Labute approximate surface area is 101 Å². The summed E-state index contributed by atoms with van der Waals surface area (Å²) in [4.78, 5) is 11.4. The Kier molecular flexibility index (Phi) is 4.94. The lowest BCUT2D eigenvalue weighted by Crippen LogP contribution is -2.11. The lowest BCUT2D eigenvalue weighted by Gasteiger charge is -2.13. The molecule has 0 N–H and O–H groups in total. The van der Waals surface area contributed by atoms with E-state index >= 15 is 0 Å². The topological polar surface area (TPSA) is 35.5 Å². The number of carbonyl (C=O) groups is 1. The van der Waals surface area contributed by atoms with Gasteiger partial charge in [0.2, 0.25) is 0 Å². The first-order valence-electron chi connectivity index (χ1n) is 5.59. The van der Waals surface area contributed by atoms with Gasteiger partial charge < -0.3 is 9.47 Å². The number of methoxy groups -OCH3 is 1. The zero-order valence-electron chi connectivity index (χ0n) is 10.3. The van der Waals surface area contributed by atoms with E-state index in [1.807, 2.05) is 13.8 Å². The molecule has 0 amide bonds. The van der Waals surface area contributed by atoms with Crippen molar-refractivity contribution in [3.8, 4) is 5.75 Å². The number of esters is 1. The van der Waals surface area contributed by atoms with Gasteiger partial charge in [-0.2, -0.15) is 0 Å². The van der Waals surface area contributed by atoms with Crippen molar-refractivity contribution in [3.05, 3.63) is 29.6 Å². The van der Waals surface area contributed by atoms with Gasteiger partial charge in [0.1, 0.15) is 17.1 Å². The van der Waals surface area contributed by atoms with Gasteiger partial charge in [0, 0.05) is 6.07 Å². The highest BCUT2D eigenvalue weighted by Crippen LogP contribution is 2.21. The molecule has 0 spiro atoms. The molecule has 0 bridgehead atoms. The van der Waals surface area contributed by atoms with Crippen LogP contribution in [0.25, 0.3) is 0 Å². The van der Waals surface area contributed by atoms with Gasteiger partial charge in [0.15, 0.2) is 0 Å². The van der Waals surface area contributed by atoms with Crippen LogP contribution in [-0.2, 0) is 4.74 Å². The Hall–Kier alpha value is -1.58.